The van der Waals surface area contributed by atoms with E-state index in [1.807, 2.05) is 46.8 Å². The molecule has 0 aromatic heterocycles. The van der Waals surface area contributed by atoms with Crippen LogP contribution in [0.4, 0.5) is 0 Å². The molecule has 0 nitrogen and oxygen atoms in total. The second-order valence-electron chi connectivity index (χ2n) is 3.82. The minimum Gasteiger partial charge on any atom is -0.0991 e. The molecule has 0 aliphatic rings. The lowest BCUT2D eigenvalue weighted by molar-refractivity contribution is 0.847. The Morgan fingerprint density at radius 2 is 1.32 bits per heavy atom. The molecule has 0 spiro atoms. The topological polar surface area (TPSA) is 0 Å². The largest absolute Gasteiger partial charge is 0.0991 e. The summed E-state index contributed by atoms with van der Waals surface area (Å²) in [7, 11) is 0. The molecule has 106 valence electrons. The predicted molar refractivity (Wildman–Crippen MR) is 91.3 cm³/mol. The van der Waals surface area contributed by atoms with Gasteiger partial charge in [0.2, 0.25) is 0 Å². The molecule has 0 aliphatic heterocycles. The summed E-state index contributed by atoms with van der Waals surface area (Å²) in [6, 6.07) is 0. The highest BCUT2D eigenvalue weighted by Crippen LogP contribution is 2.22. The van der Waals surface area contributed by atoms with Crippen molar-refractivity contribution >= 4 is 0 Å². The third-order valence-corrected chi connectivity index (χ3v) is 2.51. The molecule has 0 aliphatic carbocycles. The van der Waals surface area contributed by atoms with Crippen molar-refractivity contribution in [1.82, 2.24) is 0 Å². The van der Waals surface area contributed by atoms with Gasteiger partial charge in [0, 0.05) is 5.92 Å². The van der Waals surface area contributed by atoms with Crippen LogP contribution in [-0.2, 0) is 0 Å². The van der Waals surface area contributed by atoms with E-state index in [0.717, 1.165) is 0 Å². The van der Waals surface area contributed by atoms with Crippen LogP contribution in [0, 0.1) is 5.92 Å². The molecular formula is C19H30. The first-order chi connectivity index (χ1) is 9.21. The zero-order valence-corrected chi connectivity index (χ0v) is 13.5. The normalized spacial score (nSPS) is 14.8. The van der Waals surface area contributed by atoms with Crippen LogP contribution in [0.3, 0.4) is 0 Å². The van der Waals surface area contributed by atoms with Gasteiger partial charge in [-0.1, -0.05) is 82.0 Å². The molecule has 0 amide bonds. The molecule has 0 rings (SSSR count). The van der Waals surface area contributed by atoms with Crippen molar-refractivity contribution < 1.29 is 0 Å². The first-order valence-electron chi connectivity index (χ1n) is 7.12. The smallest absolute Gasteiger partial charge is 0.00607 e. The van der Waals surface area contributed by atoms with Gasteiger partial charge in [-0.05, 0) is 31.9 Å². The highest BCUT2D eigenvalue weighted by molar-refractivity contribution is 5.37. The third kappa shape index (κ3) is 9.07. The molecule has 1 atom stereocenters. The summed E-state index contributed by atoms with van der Waals surface area (Å²) in [5.41, 5.74) is 2.58. The maximum absolute atomic E-state index is 3.77. The van der Waals surface area contributed by atoms with Crippen molar-refractivity contribution in [3.05, 3.63) is 72.4 Å². The average Bonchev–Trinajstić information content (AvgIpc) is 2.44. The standard InChI is InChI=1S/C17H24.C2H6/c1-6-10-14-17(13-9-4)15(5)16(11-7-2)12-8-3;1-2/h6-15H,2H2,1,3-5H3;1-2H3/b10-6-,12-8-,13-9-,16-11+,17-14+;. The molecule has 19 heavy (non-hydrogen) atoms. The van der Waals surface area contributed by atoms with Crippen molar-refractivity contribution in [3.63, 3.8) is 0 Å². The zero-order valence-electron chi connectivity index (χ0n) is 13.5. The third-order valence-electron chi connectivity index (χ3n) is 2.51. The van der Waals surface area contributed by atoms with E-state index in [2.05, 4.69) is 56.0 Å². The molecular weight excluding hydrogens is 228 g/mol. The Balaban J connectivity index is 0. The van der Waals surface area contributed by atoms with Gasteiger partial charge in [0.25, 0.3) is 0 Å². The summed E-state index contributed by atoms with van der Waals surface area (Å²) in [6.07, 6.45) is 18.6. The zero-order chi connectivity index (χ0) is 15.1. The average molecular weight is 258 g/mol. The van der Waals surface area contributed by atoms with Crippen LogP contribution in [-0.4, -0.2) is 0 Å². The molecule has 0 aromatic carbocycles. The monoisotopic (exact) mass is 258 g/mol. The van der Waals surface area contributed by atoms with Gasteiger partial charge >= 0.3 is 0 Å². The van der Waals surface area contributed by atoms with Crippen LogP contribution in [0.25, 0.3) is 0 Å². The molecule has 0 bridgehead atoms. The summed E-state index contributed by atoms with van der Waals surface area (Å²) in [5.74, 6) is 0.372. The van der Waals surface area contributed by atoms with Gasteiger partial charge in [0.1, 0.15) is 0 Å². The molecule has 0 saturated heterocycles. The van der Waals surface area contributed by atoms with Crippen molar-refractivity contribution in [2.24, 2.45) is 5.92 Å². The Labute approximate surface area is 120 Å². The fourth-order valence-electron chi connectivity index (χ4n) is 1.61. The van der Waals surface area contributed by atoms with Gasteiger partial charge in [0.05, 0.1) is 0 Å². The molecule has 1 unspecified atom stereocenters. The molecule has 0 radical (unpaired) electrons. The summed E-state index contributed by atoms with van der Waals surface area (Å²) >= 11 is 0. The van der Waals surface area contributed by atoms with E-state index in [4.69, 9.17) is 0 Å². The van der Waals surface area contributed by atoms with Gasteiger partial charge in [-0.25, -0.2) is 0 Å². The number of allylic oxidation sites excluding steroid dienone is 11. The van der Waals surface area contributed by atoms with Crippen molar-refractivity contribution in [2.45, 2.75) is 41.5 Å². The van der Waals surface area contributed by atoms with E-state index >= 15 is 0 Å². The summed E-state index contributed by atoms with van der Waals surface area (Å²) in [4.78, 5) is 0. The fourth-order valence-corrected chi connectivity index (χ4v) is 1.61. The Morgan fingerprint density at radius 3 is 1.68 bits per heavy atom. The lowest BCUT2D eigenvalue weighted by Gasteiger charge is -2.14. The Morgan fingerprint density at radius 1 is 0.842 bits per heavy atom. The van der Waals surface area contributed by atoms with Gasteiger partial charge in [-0.3, -0.25) is 0 Å². The van der Waals surface area contributed by atoms with Gasteiger partial charge in [-0.15, -0.1) is 0 Å². The minimum absolute atomic E-state index is 0.372. The highest BCUT2D eigenvalue weighted by Gasteiger charge is 2.08. The molecule has 0 heterocycles. The van der Waals surface area contributed by atoms with Crippen LogP contribution >= 0.6 is 0 Å². The van der Waals surface area contributed by atoms with E-state index in [0.29, 0.717) is 5.92 Å². The Kier molecular flexibility index (Phi) is 15.1. The summed E-state index contributed by atoms with van der Waals surface area (Å²) < 4.78 is 0. The van der Waals surface area contributed by atoms with Crippen molar-refractivity contribution in [3.8, 4) is 0 Å². The van der Waals surface area contributed by atoms with E-state index in [-0.39, 0.29) is 0 Å². The van der Waals surface area contributed by atoms with Crippen molar-refractivity contribution in [2.75, 3.05) is 0 Å². The van der Waals surface area contributed by atoms with Gasteiger partial charge < -0.3 is 0 Å². The molecule has 0 N–H and O–H groups in total. The quantitative estimate of drug-likeness (QED) is 0.482. The lowest BCUT2D eigenvalue weighted by Crippen LogP contribution is -2.00. The minimum atomic E-state index is 0.372. The molecule has 0 saturated carbocycles. The second kappa shape index (κ2) is 14.5. The maximum Gasteiger partial charge on any atom is 0.00607 e. The van der Waals surface area contributed by atoms with Crippen LogP contribution < -0.4 is 0 Å². The predicted octanol–water partition coefficient (Wildman–Crippen LogP) is 6.42. The lowest BCUT2D eigenvalue weighted by atomic mass is 9.91. The van der Waals surface area contributed by atoms with Crippen LogP contribution in [0.1, 0.15) is 41.5 Å². The van der Waals surface area contributed by atoms with Crippen molar-refractivity contribution in [1.29, 1.82) is 0 Å². The first-order valence-corrected chi connectivity index (χ1v) is 7.12. The number of hydrogen-bond donors (Lipinski definition) is 0. The van der Waals surface area contributed by atoms with Gasteiger partial charge in [0.15, 0.2) is 0 Å². The van der Waals surface area contributed by atoms with E-state index in [9.17, 15) is 0 Å². The van der Waals surface area contributed by atoms with Gasteiger partial charge in [-0.2, -0.15) is 0 Å². The van der Waals surface area contributed by atoms with E-state index in [1.165, 1.54) is 11.1 Å². The molecule has 0 fully saturated rings. The Hall–Kier alpha value is -1.56. The number of hydrogen-bond acceptors (Lipinski definition) is 0. The highest BCUT2D eigenvalue weighted by atomic mass is 14.1. The van der Waals surface area contributed by atoms with Crippen LogP contribution in [0.2, 0.25) is 0 Å². The number of rotatable bonds is 6. The summed E-state index contributed by atoms with van der Waals surface area (Å²) in [5, 5.41) is 0. The molecule has 0 aromatic rings. The molecule has 0 heteroatoms. The first kappa shape index (κ1) is 19.8. The van der Waals surface area contributed by atoms with E-state index in [1.54, 1.807) is 0 Å². The van der Waals surface area contributed by atoms with Crippen LogP contribution in [0.5, 0.6) is 0 Å². The second-order valence-corrected chi connectivity index (χ2v) is 3.82. The maximum atomic E-state index is 3.77. The van der Waals surface area contributed by atoms with E-state index < -0.39 is 0 Å². The summed E-state index contributed by atoms with van der Waals surface area (Å²) in [6.45, 7) is 16.1. The fraction of sp³-hybridized carbons (Fsp3) is 0.368. The SMILES string of the molecule is C=C/C=C(\C=C/C)C(C)C(/C=C\C)=C/C=C\C.CC. The Bertz CT molecular complexity index is 359. The van der Waals surface area contributed by atoms with Crippen LogP contribution in [0.15, 0.2) is 72.4 Å².